The van der Waals surface area contributed by atoms with E-state index in [0.717, 1.165) is 11.8 Å². The van der Waals surface area contributed by atoms with Gasteiger partial charge in [-0.15, -0.1) is 0 Å². The fraction of sp³-hybridized carbons (Fsp3) is 0.867. The lowest BCUT2D eigenvalue weighted by atomic mass is 9.50. The third kappa shape index (κ3) is 2.00. The van der Waals surface area contributed by atoms with Crippen molar-refractivity contribution < 1.29 is 4.79 Å². The minimum Gasteiger partial charge on any atom is -0.351 e. The first-order valence-corrected chi connectivity index (χ1v) is 7.59. The van der Waals surface area contributed by atoms with Crippen molar-refractivity contribution in [2.75, 3.05) is 6.54 Å². The first kappa shape index (κ1) is 12.8. The van der Waals surface area contributed by atoms with Crippen molar-refractivity contribution >= 4 is 6.03 Å². The molecule has 19 heavy (non-hydrogen) atoms. The van der Waals surface area contributed by atoms with Crippen LogP contribution in [0.3, 0.4) is 0 Å². The van der Waals surface area contributed by atoms with E-state index in [9.17, 15) is 10.1 Å². The summed E-state index contributed by atoms with van der Waals surface area (Å²) in [6, 6.07) is 1.64. The number of nitrogens with two attached hydrogens (primary N) is 1. The smallest absolute Gasteiger partial charge is 0.315 e. The molecule has 0 aromatic carbocycles. The molecule has 4 fully saturated rings. The van der Waals surface area contributed by atoms with Gasteiger partial charge in [-0.1, -0.05) is 0 Å². The van der Waals surface area contributed by atoms with Crippen LogP contribution in [0.5, 0.6) is 0 Å². The lowest BCUT2D eigenvalue weighted by Crippen LogP contribution is -2.55. The van der Waals surface area contributed by atoms with Crippen LogP contribution in [0.25, 0.3) is 0 Å². The largest absolute Gasteiger partial charge is 0.351 e. The molecule has 4 aliphatic rings. The van der Waals surface area contributed by atoms with Crippen molar-refractivity contribution in [1.29, 1.82) is 5.26 Å². The zero-order valence-electron chi connectivity index (χ0n) is 11.6. The monoisotopic (exact) mass is 261 g/mol. The summed E-state index contributed by atoms with van der Waals surface area (Å²) in [5.41, 5.74) is 5.45. The number of nitriles is 1. The maximum absolute atomic E-state index is 11.6. The summed E-state index contributed by atoms with van der Waals surface area (Å²) in [4.78, 5) is 13.1. The summed E-state index contributed by atoms with van der Waals surface area (Å²) in [6.45, 7) is 2.45. The molecular weight excluding hydrogens is 238 g/mol. The van der Waals surface area contributed by atoms with Crippen LogP contribution in [-0.2, 0) is 0 Å². The number of nitrogens with zero attached hydrogens (tertiary/aromatic N) is 2. The van der Waals surface area contributed by atoms with E-state index >= 15 is 0 Å². The Bertz CT molecular complexity index is 386. The van der Waals surface area contributed by atoms with Crippen LogP contribution in [-0.4, -0.2) is 23.5 Å². The third-order valence-electron chi connectivity index (χ3n) is 5.76. The first-order chi connectivity index (χ1) is 9.13. The molecular formula is C15H23N3O. The van der Waals surface area contributed by atoms with Crippen molar-refractivity contribution in [3.63, 3.8) is 0 Å². The van der Waals surface area contributed by atoms with E-state index < -0.39 is 6.03 Å². The van der Waals surface area contributed by atoms with Gasteiger partial charge in [0.2, 0.25) is 0 Å². The number of amides is 2. The third-order valence-corrected chi connectivity index (χ3v) is 5.76. The Kier molecular flexibility index (Phi) is 3.16. The summed E-state index contributed by atoms with van der Waals surface area (Å²) < 4.78 is 0. The fourth-order valence-electron chi connectivity index (χ4n) is 5.34. The van der Waals surface area contributed by atoms with Crippen LogP contribution >= 0.6 is 0 Å². The Hall–Kier alpha value is -1.24. The molecule has 4 saturated carbocycles. The van der Waals surface area contributed by atoms with E-state index in [1.54, 1.807) is 4.90 Å². The van der Waals surface area contributed by atoms with Gasteiger partial charge >= 0.3 is 6.03 Å². The molecule has 2 amide bonds. The van der Waals surface area contributed by atoms with Crippen LogP contribution < -0.4 is 5.73 Å². The molecule has 0 spiro atoms. The molecule has 4 heteroatoms. The summed E-state index contributed by atoms with van der Waals surface area (Å²) in [5.74, 6) is 3.44. The summed E-state index contributed by atoms with van der Waals surface area (Å²) in [5, 5.41) is 9.56. The molecule has 0 aromatic rings. The molecule has 0 aromatic heterocycles. The van der Waals surface area contributed by atoms with Gasteiger partial charge in [-0.25, -0.2) is 4.79 Å². The first-order valence-electron chi connectivity index (χ1n) is 7.59. The van der Waals surface area contributed by atoms with Gasteiger partial charge in [0, 0.05) is 6.54 Å². The number of carbonyl (C=O) groups excluding carboxylic acids is 1. The van der Waals surface area contributed by atoms with Crippen molar-refractivity contribution in [2.45, 2.75) is 45.1 Å². The quantitative estimate of drug-likeness (QED) is 0.847. The SMILES string of the molecule is CCN(C(N)=O)C(C#N)C1C2CC3CC(C2)CC1C3. The van der Waals surface area contributed by atoms with E-state index in [2.05, 4.69) is 6.07 Å². The lowest BCUT2D eigenvalue weighted by Gasteiger charge is -2.56. The molecule has 1 atom stereocenters. The number of hydrogen-bond donors (Lipinski definition) is 1. The van der Waals surface area contributed by atoms with Gasteiger partial charge in [0.25, 0.3) is 0 Å². The summed E-state index contributed by atoms with van der Waals surface area (Å²) >= 11 is 0. The summed E-state index contributed by atoms with van der Waals surface area (Å²) in [6.07, 6.45) is 6.49. The van der Waals surface area contributed by atoms with E-state index in [0.29, 0.717) is 24.3 Å². The molecule has 0 saturated heterocycles. The average molecular weight is 261 g/mol. The highest BCUT2D eigenvalue weighted by atomic mass is 16.2. The molecule has 0 aliphatic heterocycles. The van der Waals surface area contributed by atoms with Crippen LogP contribution in [0.2, 0.25) is 0 Å². The zero-order chi connectivity index (χ0) is 13.6. The van der Waals surface area contributed by atoms with Gasteiger partial charge < -0.3 is 10.6 Å². The van der Waals surface area contributed by atoms with Crippen molar-refractivity contribution in [1.82, 2.24) is 4.90 Å². The number of hydrogen-bond acceptors (Lipinski definition) is 2. The molecule has 4 nitrogen and oxygen atoms in total. The zero-order valence-corrected chi connectivity index (χ0v) is 11.6. The van der Waals surface area contributed by atoms with Gasteiger partial charge in [0.05, 0.1) is 6.07 Å². The Morgan fingerprint density at radius 3 is 2.16 bits per heavy atom. The fourth-order valence-corrected chi connectivity index (χ4v) is 5.34. The molecule has 1 unspecified atom stereocenters. The highest BCUT2D eigenvalue weighted by Crippen LogP contribution is 2.57. The predicted octanol–water partition coefficient (Wildman–Crippen LogP) is 2.35. The maximum atomic E-state index is 11.6. The second kappa shape index (κ2) is 4.70. The van der Waals surface area contributed by atoms with Gasteiger partial charge in [0.15, 0.2) is 0 Å². The van der Waals surface area contributed by atoms with Gasteiger partial charge in [0.1, 0.15) is 6.04 Å². The average Bonchev–Trinajstić information content (AvgIpc) is 2.35. The standard InChI is InChI=1S/C15H23N3O/c1-2-18(15(17)19)13(8-16)14-11-4-9-3-10(6-11)7-12(14)5-9/h9-14H,2-7H2,1H3,(H2,17,19). The molecule has 104 valence electrons. The minimum absolute atomic E-state index is 0.308. The molecule has 4 aliphatic carbocycles. The van der Waals surface area contributed by atoms with Crippen molar-refractivity contribution in [2.24, 2.45) is 35.3 Å². The number of rotatable bonds is 3. The second-order valence-corrected chi connectivity index (χ2v) is 6.71. The van der Waals surface area contributed by atoms with Crippen LogP contribution in [0.1, 0.15) is 39.0 Å². The molecule has 0 heterocycles. The maximum Gasteiger partial charge on any atom is 0.315 e. The Labute approximate surface area is 114 Å². The minimum atomic E-state index is -0.442. The Balaban J connectivity index is 1.84. The van der Waals surface area contributed by atoms with Crippen LogP contribution in [0.4, 0.5) is 4.79 Å². The normalized spacial score (nSPS) is 40.7. The molecule has 2 N–H and O–H groups in total. The Morgan fingerprint density at radius 2 is 1.79 bits per heavy atom. The lowest BCUT2D eigenvalue weighted by molar-refractivity contribution is -0.0563. The number of urea groups is 1. The Morgan fingerprint density at radius 1 is 1.26 bits per heavy atom. The topological polar surface area (TPSA) is 70.1 Å². The van der Waals surface area contributed by atoms with E-state index in [-0.39, 0.29) is 6.04 Å². The number of carbonyl (C=O) groups is 1. The highest BCUT2D eigenvalue weighted by Gasteiger charge is 2.52. The number of primary amides is 1. The van der Waals surface area contributed by atoms with E-state index in [1.165, 1.54) is 32.1 Å². The van der Waals surface area contributed by atoms with Crippen molar-refractivity contribution in [3.05, 3.63) is 0 Å². The van der Waals surface area contributed by atoms with Crippen molar-refractivity contribution in [3.8, 4) is 6.07 Å². The molecule has 4 rings (SSSR count). The second-order valence-electron chi connectivity index (χ2n) is 6.71. The van der Waals surface area contributed by atoms with E-state index in [4.69, 9.17) is 5.73 Å². The van der Waals surface area contributed by atoms with Gasteiger partial charge in [-0.2, -0.15) is 5.26 Å². The highest BCUT2D eigenvalue weighted by molar-refractivity contribution is 5.72. The molecule has 4 bridgehead atoms. The van der Waals surface area contributed by atoms with Crippen LogP contribution in [0.15, 0.2) is 0 Å². The predicted molar refractivity (Wildman–Crippen MR) is 71.9 cm³/mol. The molecule has 0 radical (unpaired) electrons. The summed E-state index contributed by atoms with van der Waals surface area (Å²) in [7, 11) is 0. The van der Waals surface area contributed by atoms with Gasteiger partial charge in [-0.3, -0.25) is 0 Å². The van der Waals surface area contributed by atoms with Gasteiger partial charge in [-0.05, 0) is 68.6 Å². The van der Waals surface area contributed by atoms with Crippen LogP contribution in [0, 0.1) is 40.9 Å². The van der Waals surface area contributed by atoms with E-state index in [1.807, 2.05) is 6.92 Å².